The maximum absolute atomic E-state index is 12.4. The zero-order chi connectivity index (χ0) is 26.2. The molecule has 0 spiro atoms. The van der Waals surface area contributed by atoms with E-state index in [1.807, 2.05) is 12.1 Å². The normalized spacial score (nSPS) is 11.7. The lowest BCUT2D eigenvalue weighted by molar-refractivity contribution is -0.384. The number of hydrogen-bond acceptors (Lipinski definition) is 5. The van der Waals surface area contributed by atoms with Gasteiger partial charge in [0.15, 0.2) is 0 Å². The fourth-order valence-corrected chi connectivity index (χ4v) is 3.45. The van der Waals surface area contributed by atoms with Crippen LogP contribution in [0, 0.1) is 10.1 Å². The summed E-state index contributed by atoms with van der Waals surface area (Å²) in [6.07, 6.45) is 4.18. The molecule has 0 aliphatic heterocycles. The largest absolute Gasteiger partial charge is 0.488 e. The lowest BCUT2D eigenvalue weighted by Crippen LogP contribution is -2.28. The predicted octanol–water partition coefficient (Wildman–Crippen LogP) is 7.14. The molecule has 0 fully saturated rings. The van der Waals surface area contributed by atoms with E-state index in [2.05, 4.69) is 52.9 Å². The number of unbranched alkanes of at least 4 members (excludes halogenated alkanes) is 1. The van der Waals surface area contributed by atoms with E-state index < -0.39 is 4.92 Å². The summed E-state index contributed by atoms with van der Waals surface area (Å²) in [7, 11) is 0. The highest BCUT2D eigenvalue weighted by molar-refractivity contribution is 6.33. The van der Waals surface area contributed by atoms with Crippen molar-refractivity contribution in [1.29, 1.82) is 0 Å². The Hall–Kier alpha value is -2.80. The first kappa shape index (κ1) is 28.4. The number of ether oxygens (including phenoxy) is 2. The quantitative estimate of drug-likeness (QED) is 0.178. The van der Waals surface area contributed by atoms with Crippen molar-refractivity contribution in [3.8, 4) is 11.5 Å². The molecule has 0 saturated heterocycles. The molecule has 0 unspecified atom stereocenters. The maximum atomic E-state index is 12.4. The van der Waals surface area contributed by atoms with E-state index in [0.29, 0.717) is 12.1 Å². The second-order valence-corrected chi connectivity index (χ2v) is 10.2. The highest BCUT2D eigenvalue weighted by atomic mass is 35.5. The summed E-state index contributed by atoms with van der Waals surface area (Å²) < 4.78 is 12.5. The molecule has 35 heavy (non-hydrogen) atoms. The molecule has 7 nitrogen and oxygen atoms in total. The molecule has 0 atom stereocenters. The van der Waals surface area contributed by atoms with Crippen LogP contribution in [0.5, 0.6) is 11.5 Å². The molecule has 0 saturated carbocycles. The summed E-state index contributed by atoms with van der Waals surface area (Å²) >= 11 is 5.90. The molecule has 2 aromatic rings. The molecule has 0 bridgehead atoms. The predicted molar refractivity (Wildman–Crippen MR) is 140 cm³/mol. The lowest BCUT2D eigenvalue weighted by atomic mass is 10.0. The summed E-state index contributed by atoms with van der Waals surface area (Å²) in [6.45, 7) is 12.9. The first-order valence-corrected chi connectivity index (χ1v) is 12.5. The van der Waals surface area contributed by atoms with Gasteiger partial charge in [-0.05, 0) is 83.6 Å². The number of carbonyl (C=O) groups excluding carboxylic acids is 1. The topological polar surface area (TPSA) is 90.7 Å². The SMILES string of the molecule is CCC(C)(C)Oc1ccc(CCCCNC(=O)c2ccc([N+](=O)[O-])c(Cl)c2)c(OC(C)(C)CC)c1. The van der Waals surface area contributed by atoms with E-state index in [1.165, 1.54) is 18.2 Å². The molecule has 0 radical (unpaired) electrons. The minimum atomic E-state index is -0.576. The monoisotopic (exact) mass is 504 g/mol. The van der Waals surface area contributed by atoms with Crippen LogP contribution in [-0.4, -0.2) is 28.6 Å². The van der Waals surface area contributed by atoms with Crippen LogP contribution in [0.15, 0.2) is 36.4 Å². The van der Waals surface area contributed by atoms with Crippen LogP contribution in [0.1, 0.15) is 83.1 Å². The summed E-state index contributed by atoms with van der Waals surface area (Å²) in [6, 6.07) is 9.98. The van der Waals surface area contributed by atoms with Crippen LogP contribution in [-0.2, 0) is 6.42 Å². The van der Waals surface area contributed by atoms with E-state index in [-0.39, 0.29) is 27.8 Å². The summed E-state index contributed by atoms with van der Waals surface area (Å²) in [5, 5.41) is 13.7. The first-order chi connectivity index (χ1) is 16.4. The second kappa shape index (κ2) is 12.2. The minimum absolute atomic E-state index is 0.0556. The van der Waals surface area contributed by atoms with Crippen molar-refractivity contribution in [2.24, 2.45) is 0 Å². The number of amides is 1. The highest BCUT2D eigenvalue weighted by Crippen LogP contribution is 2.32. The van der Waals surface area contributed by atoms with Crippen LogP contribution in [0.2, 0.25) is 5.02 Å². The molecule has 0 aromatic heterocycles. The third kappa shape index (κ3) is 8.73. The van der Waals surface area contributed by atoms with Gasteiger partial charge in [-0.3, -0.25) is 14.9 Å². The molecule has 2 aromatic carbocycles. The fourth-order valence-electron chi connectivity index (χ4n) is 3.20. The molecule has 1 N–H and O–H groups in total. The Bertz CT molecular complexity index is 1040. The van der Waals surface area contributed by atoms with Crippen molar-refractivity contribution in [3.05, 3.63) is 62.7 Å². The number of carbonyl (C=O) groups is 1. The van der Waals surface area contributed by atoms with Crippen molar-refractivity contribution < 1.29 is 19.2 Å². The second-order valence-electron chi connectivity index (χ2n) is 9.84. The van der Waals surface area contributed by atoms with Crippen molar-refractivity contribution >= 4 is 23.2 Å². The number of rotatable bonds is 13. The average molecular weight is 505 g/mol. The Labute approximate surface area is 213 Å². The van der Waals surface area contributed by atoms with Gasteiger partial charge in [-0.15, -0.1) is 0 Å². The third-order valence-electron chi connectivity index (χ3n) is 6.09. The van der Waals surface area contributed by atoms with Gasteiger partial charge in [0.1, 0.15) is 27.7 Å². The number of aryl methyl sites for hydroxylation is 1. The van der Waals surface area contributed by atoms with Crippen LogP contribution >= 0.6 is 11.6 Å². The number of halogens is 1. The molecule has 0 aliphatic carbocycles. The summed E-state index contributed by atoms with van der Waals surface area (Å²) in [5.74, 6) is 1.30. The zero-order valence-electron chi connectivity index (χ0n) is 21.6. The van der Waals surface area contributed by atoms with Gasteiger partial charge in [-0.1, -0.05) is 31.5 Å². The van der Waals surface area contributed by atoms with E-state index in [4.69, 9.17) is 21.1 Å². The van der Waals surface area contributed by atoms with Crippen molar-refractivity contribution in [2.75, 3.05) is 6.54 Å². The molecular weight excluding hydrogens is 468 g/mol. The molecule has 8 heteroatoms. The van der Waals surface area contributed by atoms with Gasteiger partial charge in [0, 0.05) is 24.2 Å². The number of nitro groups is 1. The summed E-state index contributed by atoms with van der Waals surface area (Å²) in [5.41, 5.74) is 0.617. The van der Waals surface area contributed by atoms with Crippen LogP contribution in [0.3, 0.4) is 0 Å². The molecule has 2 rings (SSSR count). The molecule has 1 amide bonds. The molecular formula is C27H37ClN2O5. The highest BCUT2D eigenvalue weighted by Gasteiger charge is 2.22. The zero-order valence-corrected chi connectivity index (χ0v) is 22.3. The van der Waals surface area contributed by atoms with Crippen molar-refractivity contribution in [3.63, 3.8) is 0 Å². The maximum Gasteiger partial charge on any atom is 0.287 e. The average Bonchev–Trinajstić information content (AvgIpc) is 2.79. The number of benzene rings is 2. The fraction of sp³-hybridized carbons (Fsp3) is 0.519. The van der Waals surface area contributed by atoms with Crippen LogP contribution in [0.25, 0.3) is 0 Å². The Kier molecular flexibility index (Phi) is 9.95. The number of nitro benzene ring substituents is 1. The number of hydrogen-bond donors (Lipinski definition) is 1. The Morgan fingerprint density at radius 3 is 2.26 bits per heavy atom. The van der Waals surface area contributed by atoms with Gasteiger partial charge >= 0.3 is 0 Å². The Balaban J connectivity index is 1.97. The molecule has 0 heterocycles. The Morgan fingerprint density at radius 1 is 1.00 bits per heavy atom. The van der Waals surface area contributed by atoms with Crippen molar-refractivity contribution in [1.82, 2.24) is 5.32 Å². The van der Waals surface area contributed by atoms with E-state index in [0.717, 1.165) is 49.2 Å². The van der Waals surface area contributed by atoms with Gasteiger partial charge in [-0.2, -0.15) is 0 Å². The van der Waals surface area contributed by atoms with Crippen LogP contribution < -0.4 is 14.8 Å². The summed E-state index contributed by atoms with van der Waals surface area (Å²) in [4.78, 5) is 22.7. The molecule has 0 aliphatic rings. The third-order valence-corrected chi connectivity index (χ3v) is 6.39. The van der Waals surface area contributed by atoms with E-state index in [9.17, 15) is 14.9 Å². The Morgan fingerprint density at radius 2 is 1.66 bits per heavy atom. The van der Waals surface area contributed by atoms with Gasteiger partial charge in [-0.25, -0.2) is 0 Å². The van der Waals surface area contributed by atoms with Gasteiger partial charge in [0.05, 0.1) is 4.92 Å². The van der Waals surface area contributed by atoms with E-state index in [1.54, 1.807) is 0 Å². The van der Waals surface area contributed by atoms with Crippen LogP contribution in [0.4, 0.5) is 5.69 Å². The minimum Gasteiger partial charge on any atom is -0.488 e. The first-order valence-electron chi connectivity index (χ1n) is 12.1. The van der Waals surface area contributed by atoms with Gasteiger partial charge < -0.3 is 14.8 Å². The van der Waals surface area contributed by atoms with Gasteiger partial charge in [0.25, 0.3) is 11.6 Å². The number of nitrogens with zero attached hydrogens (tertiary/aromatic N) is 1. The molecule has 192 valence electrons. The number of nitrogens with one attached hydrogen (secondary N) is 1. The van der Waals surface area contributed by atoms with Gasteiger partial charge in [0.2, 0.25) is 0 Å². The lowest BCUT2D eigenvalue weighted by Gasteiger charge is -2.29. The van der Waals surface area contributed by atoms with E-state index >= 15 is 0 Å². The standard InChI is InChI=1S/C27H37ClN2O5/c1-7-26(3,4)34-21-14-12-19(24(18-21)35-27(5,6)8-2)11-9-10-16-29-25(31)20-13-15-23(30(32)33)22(28)17-20/h12-15,17-18H,7-11,16H2,1-6H3,(H,29,31). The smallest absolute Gasteiger partial charge is 0.287 e. The van der Waals surface area contributed by atoms with Crippen molar-refractivity contribution in [2.45, 2.75) is 84.8 Å².